The van der Waals surface area contributed by atoms with Gasteiger partial charge in [-0.1, -0.05) is 13.8 Å². The van der Waals surface area contributed by atoms with Gasteiger partial charge >= 0.3 is 0 Å². The number of hydrogen-bond donors (Lipinski definition) is 1. The first kappa shape index (κ1) is 14.2. The number of fused-ring (bicyclic) bond motifs is 1. The molecule has 0 amide bonds. The third-order valence-electron chi connectivity index (χ3n) is 7.63. The Hall–Kier alpha value is -0.200. The average Bonchev–Trinajstić information content (AvgIpc) is 3.11. The minimum Gasteiger partial charge on any atom is -0.390 e. The summed E-state index contributed by atoms with van der Waals surface area (Å²) in [6, 6.07) is 0. The molecule has 22 heavy (non-hydrogen) atoms. The van der Waals surface area contributed by atoms with Crippen LogP contribution in [0.1, 0.15) is 33.1 Å². The van der Waals surface area contributed by atoms with Crippen LogP contribution in [0.15, 0.2) is 0 Å². The molecule has 124 valence electrons. The fourth-order valence-electron chi connectivity index (χ4n) is 6.66. The molecule has 1 N–H and O–H groups in total. The maximum Gasteiger partial charge on any atom is 0.167 e. The summed E-state index contributed by atoms with van der Waals surface area (Å²) >= 11 is 0. The van der Waals surface area contributed by atoms with Crippen LogP contribution in [-0.4, -0.2) is 55.6 Å². The van der Waals surface area contributed by atoms with Gasteiger partial charge in [0.05, 0.1) is 30.8 Å². The molecule has 0 radical (unpaired) electrons. The second-order valence-electron chi connectivity index (χ2n) is 8.30. The molecule has 4 aliphatic heterocycles. The second kappa shape index (κ2) is 4.25. The number of hydrogen-bond acceptors (Lipinski definition) is 5. The Morgan fingerprint density at radius 2 is 2.05 bits per heavy atom. The van der Waals surface area contributed by atoms with Gasteiger partial charge in [0.15, 0.2) is 6.29 Å². The molecule has 4 saturated heterocycles. The highest BCUT2D eigenvalue weighted by Gasteiger charge is 2.82. The van der Waals surface area contributed by atoms with E-state index in [1.165, 1.54) is 0 Å². The van der Waals surface area contributed by atoms with Crippen LogP contribution in [0.3, 0.4) is 0 Å². The number of aliphatic hydroxyl groups is 1. The van der Waals surface area contributed by atoms with Crippen LogP contribution in [0.2, 0.25) is 0 Å². The van der Waals surface area contributed by atoms with E-state index in [4.69, 9.17) is 18.9 Å². The standard InChI is InChI=1S/C17H26O5/c1-10-7-20-11-6-15(2)16-4-3-5-19-9-17(15,13(10)11)22-14(16)21-8-12(16)18/h10-14,18H,3-9H2,1-2H3/t10-,11?,12+,13?,14?,15?,16?,17?/m1/s1. The maximum atomic E-state index is 10.9. The molecule has 6 unspecified atom stereocenters. The van der Waals surface area contributed by atoms with Crippen LogP contribution in [0.4, 0.5) is 0 Å². The summed E-state index contributed by atoms with van der Waals surface area (Å²) in [4.78, 5) is 0. The quantitative estimate of drug-likeness (QED) is 0.731. The molecule has 4 heterocycles. The lowest BCUT2D eigenvalue weighted by atomic mass is 9.54. The monoisotopic (exact) mass is 310 g/mol. The molecule has 5 heteroatoms. The van der Waals surface area contributed by atoms with E-state index >= 15 is 0 Å². The zero-order valence-corrected chi connectivity index (χ0v) is 13.4. The summed E-state index contributed by atoms with van der Waals surface area (Å²) in [6.07, 6.45) is 2.30. The van der Waals surface area contributed by atoms with E-state index < -0.39 is 6.10 Å². The van der Waals surface area contributed by atoms with E-state index in [2.05, 4.69) is 13.8 Å². The summed E-state index contributed by atoms with van der Waals surface area (Å²) in [7, 11) is 0. The van der Waals surface area contributed by atoms with Gasteiger partial charge < -0.3 is 24.1 Å². The summed E-state index contributed by atoms with van der Waals surface area (Å²) < 4.78 is 24.7. The second-order valence-corrected chi connectivity index (χ2v) is 8.30. The molecule has 2 bridgehead atoms. The van der Waals surface area contributed by atoms with E-state index in [0.717, 1.165) is 32.5 Å². The molecule has 1 saturated carbocycles. The van der Waals surface area contributed by atoms with Crippen molar-refractivity contribution in [3.63, 3.8) is 0 Å². The van der Waals surface area contributed by atoms with E-state index in [1.807, 2.05) is 0 Å². The van der Waals surface area contributed by atoms with Gasteiger partial charge in [-0.15, -0.1) is 0 Å². The Bertz CT molecular complexity index is 497. The Labute approximate surface area is 131 Å². The van der Waals surface area contributed by atoms with Gasteiger partial charge in [0, 0.05) is 24.5 Å². The van der Waals surface area contributed by atoms with Crippen molar-refractivity contribution in [2.24, 2.45) is 22.7 Å². The summed E-state index contributed by atoms with van der Waals surface area (Å²) in [5.74, 6) is 0.803. The zero-order chi connectivity index (χ0) is 15.2. The molecule has 8 atom stereocenters. The number of ether oxygens (including phenoxy) is 4. The Kier molecular flexibility index (Phi) is 2.74. The third-order valence-corrected chi connectivity index (χ3v) is 7.63. The van der Waals surface area contributed by atoms with E-state index in [9.17, 15) is 5.11 Å². The first-order valence-electron chi connectivity index (χ1n) is 8.72. The molecular formula is C17H26O5. The highest BCUT2D eigenvalue weighted by atomic mass is 16.7. The minimum absolute atomic E-state index is 0.148. The lowest BCUT2D eigenvalue weighted by Gasteiger charge is -2.49. The predicted molar refractivity (Wildman–Crippen MR) is 77.2 cm³/mol. The molecule has 1 aliphatic carbocycles. The van der Waals surface area contributed by atoms with Gasteiger partial charge in [-0.25, -0.2) is 0 Å². The van der Waals surface area contributed by atoms with Crippen molar-refractivity contribution in [1.82, 2.24) is 0 Å². The van der Waals surface area contributed by atoms with Gasteiger partial charge in [-0.05, 0) is 25.2 Å². The highest BCUT2D eigenvalue weighted by Crippen LogP contribution is 2.74. The summed E-state index contributed by atoms with van der Waals surface area (Å²) in [5, 5.41) is 10.9. The van der Waals surface area contributed by atoms with Crippen molar-refractivity contribution in [1.29, 1.82) is 0 Å². The van der Waals surface area contributed by atoms with Crippen molar-refractivity contribution >= 4 is 0 Å². The predicted octanol–water partition coefficient (Wildman–Crippen LogP) is 1.33. The fourth-order valence-corrected chi connectivity index (χ4v) is 6.66. The largest absolute Gasteiger partial charge is 0.390 e. The first-order chi connectivity index (χ1) is 10.6. The number of rotatable bonds is 0. The molecule has 0 aromatic carbocycles. The average molecular weight is 310 g/mol. The van der Waals surface area contributed by atoms with Crippen LogP contribution < -0.4 is 0 Å². The Balaban J connectivity index is 1.70. The van der Waals surface area contributed by atoms with Gasteiger partial charge in [-0.2, -0.15) is 0 Å². The summed E-state index contributed by atoms with van der Waals surface area (Å²) in [5.41, 5.74) is -0.824. The molecule has 5 nitrogen and oxygen atoms in total. The molecule has 5 aliphatic rings. The summed E-state index contributed by atoms with van der Waals surface area (Å²) in [6.45, 7) is 7.10. The van der Waals surface area contributed by atoms with Gasteiger partial charge in [0.25, 0.3) is 0 Å². The fraction of sp³-hybridized carbons (Fsp3) is 1.00. The van der Waals surface area contributed by atoms with Crippen LogP contribution >= 0.6 is 0 Å². The van der Waals surface area contributed by atoms with Crippen molar-refractivity contribution in [3.8, 4) is 0 Å². The molecule has 5 fully saturated rings. The topological polar surface area (TPSA) is 57.2 Å². The van der Waals surface area contributed by atoms with Gasteiger partial charge in [-0.3, -0.25) is 0 Å². The van der Waals surface area contributed by atoms with Gasteiger partial charge in [0.2, 0.25) is 0 Å². The zero-order valence-electron chi connectivity index (χ0n) is 13.4. The molecule has 5 rings (SSSR count). The van der Waals surface area contributed by atoms with E-state index in [1.54, 1.807) is 0 Å². The smallest absolute Gasteiger partial charge is 0.167 e. The normalized spacial score (nSPS) is 63.1. The Morgan fingerprint density at radius 3 is 2.91 bits per heavy atom. The van der Waals surface area contributed by atoms with E-state index in [0.29, 0.717) is 25.0 Å². The SMILES string of the molecule is C[C@@H]1COC2CC3(C)C4(COCCCC35C(OC[C@@H]5O)O4)C21. The minimum atomic E-state index is -0.448. The highest BCUT2D eigenvalue weighted by molar-refractivity contribution is 5.27. The molecule has 1 spiro atoms. The maximum absolute atomic E-state index is 10.9. The van der Waals surface area contributed by atoms with Crippen molar-refractivity contribution in [2.45, 2.75) is 57.2 Å². The lowest BCUT2D eigenvalue weighted by Crippen LogP contribution is -2.58. The Morgan fingerprint density at radius 1 is 1.18 bits per heavy atom. The molecule has 0 aromatic heterocycles. The van der Waals surface area contributed by atoms with Crippen molar-refractivity contribution in [2.75, 3.05) is 26.4 Å². The molecule has 0 aromatic rings. The van der Waals surface area contributed by atoms with Crippen molar-refractivity contribution < 1.29 is 24.1 Å². The van der Waals surface area contributed by atoms with Crippen LogP contribution in [-0.2, 0) is 18.9 Å². The first-order valence-corrected chi connectivity index (χ1v) is 8.72. The number of aliphatic hydroxyl groups excluding tert-OH is 1. The van der Waals surface area contributed by atoms with Crippen molar-refractivity contribution in [3.05, 3.63) is 0 Å². The lowest BCUT2D eigenvalue weighted by molar-refractivity contribution is -0.206. The third kappa shape index (κ3) is 1.28. The molecular weight excluding hydrogens is 284 g/mol. The van der Waals surface area contributed by atoms with Crippen LogP contribution in [0.25, 0.3) is 0 Å². The van der Waals surface area contributed by atoms with Crippen LogP contribution in [0.5, 0.6) is 0 Å². The van der Waals surface area contributed by atoms with Gasteiger partial charge in [0.1, 0.15) is 5.60 Å². The van der Waals surface area contributed by atoms with E-state index in [-0.39, 0.29) is 28.8 Å². The van der Waals surface area contributed by atoms with Crippen LogP contribution in [0, 0.1) is 22.7 Å².